The van der Waals surface area contributed by atoms with E-state index in [1.165, 1.54) is 19.3 Å². The molecule has 1 amide bonds. The van der Waals surface area contributed by atoms with Crippen molar-refractivity contribution in [2.45, 2.75) is 25.7 Å². The quantitative estimate of drug-likeness (QED) is 0.885. The van der Waals surface area contributed by atoms with E-state index in [1.54, 1.807) is 11.3 Å². The zero-order valence-electron chi connectivity index (χ0n) is 10.7. The highest BCUT2D eigenvalue weighted by Gasteiger charge is 2.40. The lowest BCUT2D eigenvalue weighted by molar-refractivity contribution is -0.129. The molecule has 2 fully saturated rings. The van der Waals surface area contributed by atoms with Crippen LogP contribution in [-0.4, -0.2) is 37.0 Å². The highest BCUT2D eigenvalue weighted by Crippen LogP contribution is 2.36. The van der Waals surface area contributed by atoms with Gasteiger partial charge in [-0.25, -0.2) is 0 Å². The molecular formula is C14H20N2OS. The van der Waals surface area contributed by atoms with Crippen LogP contribution < -0.4 is 5.32 Å². The Morgan fingerprint density at radius 1 is 1.50 bits per heavy atom. The molecule has 0 bridgehead atoms. The maximum atomic E-state index is 12.2. The summed E-state index contributed by atoms with van der Waals surface area (Å²) < 4.78 is 0. The fourth-order valence-corrected chi connectivity index (χ4v) is 3.87. The van der Waals surface area contributed by atoms with Crippen molar-refractivity contribution in [3.63, 3.8) is 0 Å². The molecular weight excluding hydrogens is 244 g/mol. The van der Waals surface area contributed by atoms with Crippen LogP contribution in [-0.2, 0) is 11.2 Å². The van der Waals surface area contributed by atoms with Gasteiger partial charge in [-0.3, -0.25) is 4.79 Å². The fraction of sp³-hybridized carbons (Fsp3) is 0.643. The molecule has 1 atom stereocenters. The van der Waals surface area contributed by atoms with Gasteiger partial charge in [0.1, 0.15) is 0 Å². The van der Waals surface area contributed by atoms with Crippen LogP contribution in [0.3, 0.4) is 0 Å². The van der Waals surface area contributed by atoms with Crippen LogP contribution in [0.5, 0.6) is 0 Å². The molecule has 98 valence electrons. The van der Waals surface area contributed by atoms with Crippen molar-refractivity contribution in [3.05, 3.63) is 22.4 Å². The van der Waals surface area contributed by atoms with E-state index in [9.17, 15) is 4.79 Å². The number of rotatable bonds is 2. The van der Waals surface area contributed by atoms with E-state index in [-0.39, 0.29) is 0 Å². The van der Waals surface area contributed by atoms with Crippen LogP contribution in [0.25, 0.3) is 0 Å². The molecule has 2 aliphatic rings. The van der Waals surface area contributed by atoms with Gasteiger partial charge in [-0.05, 0) is 48.2 Å². The second kappa shape index (κ2) is 5.02. The van der Waals surface area contributed by atoms with Crippen molar-refractivity contribution in [1.82, 2.24) is 10.2 Å². The fourth-order valence-electron chi connectivity index (χ4n) is 3.21. The van der Waals surface area contributed by atoms with E-state index >= 15 is 0 Å². The molecule has 1 aromatic heterocycles. The number of hydrogen-bond donors (Lipinski definition) is 1. The van der Waals surface area contributed by atoms with Gasteiger partial charge in [0.05, 0.1) is 6.42 Å². The van der Waals surface area contributed by atoms with Crippen molar-refractivity contribution in [2.75, 3.05) is 26.2 Å². The number of nitrogens with zero attached hydrogens (tertiary/aromatic N) is 1. The van der Waals surface area contributed by atoms with Gasteiger partial charge in [0.2, 0.25) is 5.91 Å². The summed E-state index contributed by atoms with van der Waals surface area (Å²) in [6.07, 6.45) is 4.29. The smallest absolute Gasteiger partial charge is 0.227 e. The number of amides is 1. The molecule has 18 heavy (non-hydrogen) atoms. The molecule has 4 heteroatoms. The third-order valence-corrected chi connectivity index (χ3v) is 5.02. The lowest BCUT2D eigenvalue weighted by Gasteiger charge is -2.33. The van der Waals surface area contributed by atoms with Gasteiger partial charge in [-0.15, -0.1) is 0 Å². The Kier molecular flexibility index (Phi) is 3.39. The van der Waals surface area contributed by atoms with Crippen LogP contribution in [0.15, 0.2) is 16.8 Å². The Labute approximate surface area is 112 Å². The highest BCUT2D eigenvalue weighted by atomic mass is 32.1. The minimum Gasteiger partial charge on any atom is -0.342 e. The number of hydrogen-bond acceptors (Lipinski definition) is 3. The molecule has 3 rings (SSSR count). The Balaban J connectivity index is 1.59. The molecule has 0 aromatic carbocycles. The summed E-state index contributed by atoms with van der Waals surface area (Å²) in [7, 11) is 0. The van der Waals surface area contributed by atoms with Gasteiger partial charge in [-0.2, -0.15) is 11.3 Å². The first-order valence-electron chi connectivity index (χ1n) is 6.77. The molecule has 0 aliphatic carbocycles. The van der Waals surface area contributed by atoms with E-state index in [4.69, 9.17) is 0 Å². The van der Waals surface area contributed by atoms with Crippen molar-refractivity contribution >= 4 is 17.2 Å². The average molecular weight is 264 g/mol. The Morgan fingerprint density at radius 2 is 2.44 bits per heavy atom. The summed E-state index contributed by atoms with van der Waals surface area (Å²) >= 11 is 1.66. The maximum Gasteiger partial charge on any atom is 0.227 e. The standard InChI is InChI=1S/C14H20N2OS/c17-13(8-12-2-7-18-9-12)16-6-4-14(11-16)3-1-5-15-10-14/h2,7,9,15H,1,3-6,8,10-11H2. The highest BCUT2D eigenvalue weighted by molar-refractivity contribution is 7.07. The van der Waals surface area contributed by atoms with Crippen molar-refractivity contribution in [2.24, 2.45) is 5.41 Å². The SMILES string of the molecule is O=C(Cc1ccsc1)N1CCC2(CCCNC2)C1. The third-order valence-electron chi connectivity index (χ3n) is 4.29. The minimum absolute atomic E-state index is 0.302. The van der Waals surface area contributed by atoms with Crippen LogP contribution in [0.4, 0.5) is 0 Å². The molecule has 0 radical (unpaired) electrons. The summed E-state index contributed by atoms with van der Waals surface area (Å²) in [6, 6.07) is 2.05. The first-order valence-corrected chi connectivity index (χ1v) is 7.71. The third kappa shape index (κ3) is 2.45. The number of carbonyl (C=O) groups excluding carboxylic acids is 1. The van der Waals surface area contributed by atoms with Gasteiger partial charge in [-0.1, -0.05) is 0 Å². The molecule has 1 N–H and O–H groups in total. The van der Waals surface area contributed by atoms with E-state index in [2.05, 4.69) is 21.7 Å². The minimum atomic E-state index is 0.302. The number of piperidine rings is 1. The second-order valence-electron chi connectivity index (χ2n) is 5.65. The first kappa shape index (κ1) is 12.2. The van der Waals surface area contributed by atoms with Crippen LogP contribution in [0.1, 0.15) is 24.8 Å². The summed E-state index contributed by atoms with van der Waals surface area (Å²) in [6.45, 7) is 4.15. The van der Waals surface area contributed by atoms with Crippen molar-refractivity contribution in [1.29, 1.82) is 0 Å². The zero-order valence-corrected chi connectivity index (χ0v) is 11.5. The molecule has 1 aromatic rings. The molecule has 2 saturated heterocycles. The number of likely N-dealkylation sites (tertiary alicyclic amines) is 1. The molecule has 1 unspecified atom stereocenters. The van der Waals surface area contributed by atoms with E-state index in [0.717, 1.165) is 31.7 Å². The second-order valence-corrected chi connectivity index (χ2v) is 6.43. The summed E-state index contributed by atoms with van der Waals surface area (Å²) in [5.41, 5.74) is 1.54. The number of carbonyl (C=O) groups is 1. The Morgan fingerprint density at radius 3 is 3.17 bits per heavy atom. The van der Waals surface area contributed by atoms with Gasteiger partial charge in [0.25, 0.3) is 0 Å². The monoisotopic (exact) mass is 264 g/mol. The molecule has 3 nitrogen and oxygen atoms in total. The van der Waals surface area contributed by atoms with Gasteiger partial charge >= 0.3 is 0 Å². The molecule has 1 spiro atoms. The summed E-state index contributed by atoms with van der Waals surface area (Å²) in [5.74, 6) is 0.302. The van der Waals surface area contributed by atoms with Crippen LogP contribution in [0, 0.1) is 5.41 Å². The van der Waals surface area contributed by atoms with E-state index in [1.807, 2.05) is 5.38 Å². The number of nitrogens with one attached hydrogen (secondary N) is 1. The average Bonchev–Trinajstić information content (AvgIpc) is 3.01. The topological polar surface area (TPSA) is 32.3 Å². The Bertz CT molecular complexity index is 409. The Hall–Kier alpha value is -0.870. The lowest BCUT2D eigenvalue weighted by atomic mass is 9.80. The predicted octanol–water partition coefficient (Wildman–Crippen LogP) is 1.89. The molecule has 2 aliphatic heterocycles. The van der Waals surface area contributed by atoms with E-state index in [0.29, 0.717) is 17.7 Å². The van der Waals surface area contributed by atoms with Gasteiger partial charge in [0.15, 0.2) is 0 Å². The van der Waals surface area contributed by atoms with E-state index < -0.39 is 0 Å². The maximum absolute atomic E-state index is 12.2. The predicted molar refractivity (Wildman–Crippen MR) is 73.8 cm³/mol. The largest absolute Gasteiger partial charge is 0.342 e. The van der Waals surface area contributed by atoms with Crippen LogP contribution >= 0.6 is 11.3 Å². The van der Waals surface area contributed by atoms with Gasteiger partial charge in [0, 0.05) is 25.0 Å². The van der Waals surface area contributed by atoms with Crippen molar-refractivity contribution in [3.8, 4) is 0 Å². The molecule has 0 saturated carbocycles. The van der Waals surface area contributed by atoms with Crippen LogP contribution in [0.2, 0.25) is 0 Å². The molecule has 3 heterocycles. The van der Waals surface area contributed by atoms with Crippen molar-refractivity contribution < 1.29 is 4.79 Å². The zero-order chi connectivity index (χ0) is 12.4. The van der Waals surface area contributed by atoms with Gasteiger partial charge < -0.3 is 10.2 Å². The normalized spacial score (nSPS) is 27.9. The summed E-state index contributed by atoms with van der Waals surface area (Å²) in [5, 5.41) is 7.60. The lowest BCUT2D eigenvalue weighted by Crippen LogP contribution is -2.42. The summed E-state index contributed by atoms with van der Waals surface area (Å²) in [4.78, 5) is 14.3. The number of thiophene rings is 1. The first-order chi connectivity index (χ1) is 8.77.